The summed E-state index contributed by atoms with van der Waals surface area (Å²) in [6, 6.07) is 5.74. The van der Waals surface area contributed by atoms with Gasteiger partial charge in [0, 0.05) is 13.1 Å². The molecular weight excluding hydrogens is 234 g/mol. The molecule has 0 saturated carbocycles. The second-order valence-corrected chi connectivity index (χ2v) is 5.21. The zero-order chi connectivity index (χ0) is 12.5. The quantitative estimate of drug-likeness (QED) is 0.804. The highest BCUT2D eigenvalue weighted by molar-refractivity contribution is 7.80. The van der Waals surface area contributed by atoms with E-state index < -0.39 is 0 Å². The molecule has 5 heteroatoms. The SMILES string of the molecule is CC1(C)CN(c2cccc(C(N)=S)n2)CCO1. The summed E-state index contributed by atoms with van der Waals surface area (Å²) in [5, 5.41) is 0. The highest BCUT2D eigenvalue weighted by atomic mass is 32.1. The Morgan fingerprint density at radius 3 is 2.94 bits per heavy atom. The van der Waals surface area contributed by atoms with E-state index in [-0.39, 0.29) is 5.60 Å². The van der Waals surface area contributed by atoms with Crippen molar-refractivity contribution in [3.63, 3.8) is 0 Å². The molecule has 0 amide bonds. The lowest BCUT2D eigenvalue weighted by molar-refractivity contribution is -0.0279. The van der Waals surface area contributed by atoms with Crippen molar-refractivity contribution in [3.8, 4) is 0 Å². The molecule has 0 radical (unpaired) electrons. The molecule has 0 atom stereocenters. The molecule has 0 aliphatic carbocycles. The van der Waals surface area contributed by atoms with Crippen LogP contribution in [0.15, 0.2) is 18.2 Å². The van der Waals surface area contributed by atoms with Crippen molar-refractivity contribution >= 4 is 23.0 Å². The van der Waals surface area contributed by atoms with Crippen LogP contribution in [0.3, 0.4) is 0 Å². The predicted octanol–water partition coefficient (Wildman–Crippen LogP) is 1.33. The third-order valence-electron chi connectivity index (χ3n) is 2.74. The van der Waals surface area contributed by atoms with Gasteiger partial charge in [0.2, 0.25) is 0 Å². The molecule has 2 N–H and O–H groups in total. The molecule has 0 bridgehead atoms. The smallest absolute Gasteiger partial charge is 0.129 e. The van der Waals surface area contributed by atoms with Crippen LogP contribution in [0, 0.1) is 0 Å². The molecule has 17 heavy (non-hydrogen) atoms. The average molecular weight is 251 g/mol. The van der Waals surface area contributed by atoms with E-state index in [9.17, 15) is 0 Å². The van der Waals surface area contributed by atoms with Gasteiger partial charge >= 0.3 is 0 Å². The fraction of sp³-hybridized carbons (Fsp3) is 0.500. The third kappa shape index (κ3) is 2.92. The van der Waals surface area contributed by atoms with Gasteiger partial charge in [0.25, 0.3) is 0 Å². The molecule has 92 valence electrons. The van der Waals surface area contributed by atoms with Gasteiger partial charge in [-0.2, -0.15) is 0 Å². The number of nitrogens with zero attached hydrogens (tertiary/aromatic N) is 2. The first-order valence-corrected chi connectivity index (χ1v) is 6.04. The van der Waals surface area contributed by atoms with Crippen molar-refractivity contribution in [1.82, 2.24) is 4.98 Å². The van der Waals surface area contributed by atoms with E-state index in [1.54, 1.807) is 0 Å². The Kier molecular flexibility index (Phi) is 3.31. The molecule has 0 unspecified atom stereocenters. The number of aromatic nitrogens is 1. The Morgan fingerprint density at radius 2 is 2.29 bits per heavy atom. The van der Waals surface area contributed by atoms with Gasteiger partial charge in [-0.15, -0.1) is 0 Å². The van der Waals surface area contributed by atoms with Crippen LogP contribution in [-0.2, 0) is 4.74 Å². The molecular formula is C12H17N3OS. The van der Waals surface area contributed by atoms with Gasteiger partial charge in [0.15, 0.2) is 0 Å². The number of nitrogens with two attached hydrogens (primary N) is 1. The van der Waals surface area contributed by atoms with E-state index in [1.165, 1.54) is 0 Å². The van der Waals surface area contributed by atoms with Crippen molar-refractivity contribution in [3.05, 3.63) is 23.9 Å². The van der Waals surface area contributed by atoms with E-state index in [2.05, 4.69) is 23.7 Å². The van der Waals surface area contributed by atoms with Crippen molar-refractivity contribution < 1.29 is 4.74 Å². The normalized spacial score (nSPS) is 19.1. The average Bonchev–Trinajstić information content (AvgIpc) is 2.28. The van der Waals surface area contributed by atoms with E-state index in [4.69, 9.17) is 22.7 Å². The van der Waals surface area contributed by atoms with E-state index in [1.807, 2.05) is 18.2 Å². The number of anilines is 1. The Bertz CT molecular complexity index is 434. The molecule has 4 nitrogen and oxygen atoms in total. The third-order valence-corrected chi connectivity index (χ3v) is 2.95. The van der Waals surface area contributed by atoms with Gasteiger partial charge in [0.1, 0.15) is 10.8 Å². The lowest BCUT2D eigenvalue weighted by Crippen LogP contribution is -2.48. The molecule has 0 spiro atoms. The largest absolute Gasteiger partial charge is 0.388 e. The predicted molar refractivity (Wildman–Crippen MR) is 72.4 cm³/mol. The van der Waals surface area contributed by atoms with E-state index >= 15 is 0 Å². The van der Waals surface area contributed by atoms with Crippen molar-refractivity contribution in [1.29, 1.82) is 0 Å². The standard InChI is InChI=1S/C12H17N3OS/c1-12(2)8-15(6-7-16-12)10-5-3-4-9(14-10)11(13)17/h3-5H,6-8H2,1-2H3,(H2,13,17). The van der Waals surface area contributed by atoms with Gasteiger partial charge in [-0.05, 0) is 26.0 Å². The van der Waals surface area contributed by atoms with Crippen LogP contribution in [0.5, 0.6) is 0 Å². The Balaban J connectivity index is 2.22. The van der Waals surface area contributed by atoms with Gasteiger partial charge in [-0.25, -0.2) is 4.98 Å². The van der Waals surface area contributed by atoms with E-state index in [0.717, 1.165) is 18.9 Å². The number of thiocarbonyl (C=S) groups is 1. The zero-order valence-corrected chi connectivity index (χ0v) is 11.0. The molecule has 1 aromatic rings. The minimum Gasteiger partial charge on any atom is -0.388 e. The summed E-state index contributed by atoms with van der Waals surface area (Å²) < 4.78 is 5.67. The molecule has 1 aromatic heterocycles. The molecule has 2 heterocycles. The maximum Gasteiger partial charge on any atom is 0.129 e. The van der Waals surface area contributed by atoms with Crippen molar-refractivity contribution in [2.45, 2.75) is 19.4 Å². The van der Waals surface area contributed by atoms with Crippen LogP contribution in [0.1, 0.15) is 19.5 Å². The first-order chi connectivity index (χ1) is 7.98. The van der Waals surface area contributed by atoms with Crippen LogP contribution in [-0.4, -0.2) is 35.3 Å². The Labute approximate surface area is 107 Å². The maximum absolute atomic E-state index is 5.67. The zero-order valence-electron chi connectivity index (χ0n) is 10.1. The summed E-state index contributed by atoms with van der Waals surface area (Å²) in [6.45, 7) is 6.54. The minimum atomic E-state index is -0.140. The molecule has 2 rings (SSSR count). The highest BCUT2D eigenvalue weighted by Crippen LogP contribution is 2.21. The summed E-state index contributed by atoms with van der Waals surface area (Å²) in [6.07, 6.45) is 0. The first-order valence-electron chi connectivity index (χ1n) is 5.64. The van der Waals surface area contributed by atoms with Gasteiger partial charge < -0.3 is 15.4 Å². The highest BCUT2D eigenvalue weighted by Gasteiger charge is 2.27. The van der Waals surface area contributed by atoms with Gasteiger partial charge in [-0.1, -0.05) is 18.3 Å². The molecule has 1 fully saturated rings. The second-order valence-electron chi connectivity index (χ2n) is 4.77. The summed E-state index contributed by atoms with van der Waals surface area (Å²) in [5.41, 5.74) is 6.12. The van der Waals surface area contributed by atoms with Crippen LogP contribution in [0.2, 0.25) is 0 Å². The summed E-state index contributed by atoms with van der Waals surface area (Å²) in [7, 11) is 0. The fourth-order valence-corrected chi connectivity index (χ4v) is 2.06. The van der Waals surface area contributed by atoms with Crippen molar-refractivity contribution in [2.75, 3.05) is 24.6 Å². The topological polar surface area (TPSA) is 51.4 Å². The minimum absolute atomic E-state index is 0.140. The number of ether oxygens (including phenoxy) is 1. The fourth-order valence-electron chi connectivity index (χ4n) is 1.95. The summed E-state index contributed by atoms with van der Waals surface area (Å²) >= 11 is 4.94. The lowest BCUT2D eigenvalue weighted by Gasteiger charge is -2.38. The summed E-state index contributed by atoms with van der Waals surface area (Å²) in [5.74, 6) is 0.909. The summed E-state index contributed by atoms with van der Waals surface area (Å²) in [4.78, 5) is 7.00. The van der Waals surface area contributed by atoms with Gasteiger partial charge in [0.05, 0.1) is 17.9 Å². The maximum atomic E-state index is 5.67. The van der Waals surface area contributed by atoms with Gasteiger partial charge in [-0.3, -0.25) is 0 Å². The number of rotatable bonds is 2. The van der Waals surface area contributed by atoms with Crippen LogP contribution >= 0.6 is 12.2 Å². The second kappa shape index (κ2) is 4.58. The van der Waals surface area contributed by atoms with Crippen LogP contribution in [0.4, 0.5) is 5.82 Å². The first kappa shape index (κ1) is 12.3. The lowest BCUT2D eigenvalue weighted by atomic mass is 10.1. The van der Waals surface area contributed by atoms with E-state index in [0.29, 0.717) is 17.3 Å². The molecule has 1 saturated heterocycles. The number of hydrogen-bond donors (Lipinski definition) is 1. The molecule has 0 aromatic carbocycles. The van der Waals surface area contributed by atoms with Crippen molar-refractivity contribution in [2.24, 2.45) is 5.73 Å². The Hall–Kier alpha value is -1.20. The number of pyridine rings is 1. The number of hydrogen-bond acceptors (Lipinski definition) is 4. The van der Waals surface area contributed by atoms with Crippen LogP contribution in [0.25, 0.3) is 0 Å². The Morgan fingerprint density at radius 1 is 1.53 bits per heavy atom. The number of morpholine rings is 1. The molecule has 1 aliphatic heterocycles. The molecule has 1 aliphatic rings. The van der Waals surface area contributed by atoms with Crippen LogP contribution < -0.4 is 10.6 Å². The monoisotopic (exact) mass is 251 g/mol.